The van der Waals surface area contributed by atoms with E-state index in [4.69, 9.17) is 15.5 Å². The average molecular weight is 431 g/mol. The summed E-state index contributed by atoms with van der Waals surface area (Å²) in [6.45, 7) is 2.13. The number of pyridine rings is 1. The summed E-state index contributed by atoms with van der Waals surface area (Å²) < 4.78 is 6.22. The number of esters is 1. The quantitative estimate of drug-likeness (QED) is 0.567. The Morgan fingerprint density at radius 3 is 2.73 bits per heavy atom. The van der Waals surface area contributed by atoms with Crippen LogP contribution in [0.3, 0.4) is 0 Å². The van der Waals surface area contributed by atoms with Gasteiger partial charge in [-0.2, -0.15) is 0 Å². The molecule has 26 heavy (non-hydrogen) atoms. The summed E-state index contributed by atoms with van der Waals surface area (Å²) in [7, 11) is 0. The van der Waals surface area contributed by atoms with E-state index in [1.54, 1.807) is 6.92 Å². The number of anilines is 1. The van der Waals surface area contributed by atoms with Crippen molar-refractivity contribution in [3.63, 3.8) is 0 Å². The number of carbonyl (C=O) groups is 1. The lowest BCUT2D eigenvalue weighted by Crippen LogP contribution is -2.08. The molecule has 134 valence electrons. The third-order valence-electron chi connectivity index (χ3n) is 4.75. The predicted molar refractivity (Wildman–Crippen MR) is 110 cm³/mol. The van der Waals surface area contributed by atoms with Crippen LogP contribution >= 0.6 is 27.3 Å². The molecule has 0 amide bonds. The Morgan fingerprint density at radius 1 is 1.27 bits per heavy atom. The lowest BCUT2D eigenvalue weighted by atomic mass is 9.87. The number of halogens is 1. The normalized spacial score (nSPS) is 13.6. The molecular weight excluding hydrogens is 412 g/mol. The zero-order valence-corrected chi connectivity index (χ0v) is 16.9. The number of carbonyl (C=O) groups excluding carboxylic acids is 1. The van der Waals surface area contributed by atoms with Crippen LogP contribution in [-0.4, -0.2) is 17.6 Å². The van der Waals surface area contributed by atoms with Gasteiger partial charge in [0.1, 0.15) is 9.71 Å². The topological polar surface area (TPSA) is 65.2 Å². The number of nitrogen functional groups attached to an aromatic ring is 1. The van der Waals surface area contributed by atoms with E-state index >= 15 is 0 Å². The van der Waals surface area contributed by atoms with E-state index in [0.29, 0.717) is 17.2 Å². The van der Waals surface area contributed by atoms with E-state index in [-0.39, 0.29) is 5.97 Å². The van der Waals surface area contributed by atoms with Gasteiger partial charge in [-0.1, -0.05) is 28.1 Å². The van der Waals surface area contributed by atoms with Crippen molar-refractivity contribution >= 4 is 49.1 Å². The van der Waals surface area contributed by atoms with Crippen molar-refractivity contribution in [2.75, 3.05) is 12.3 Å². The van der Waals surface area contributed by atoms with Crippen molar-refractivity contribution in [1.82, 2.24) is 4.98 Å². The minimum Gasteiger partial charge on any atom is -0.462 e. The first-order valence-corrected chi connectivity index (χ1v) is 10.4. The molecule has 3 aromatic rings. The summed E-state index contributed by atoms with van der Waals surface area (Å²) in [5.74, 6) is -0.368. The first-order chi connectivity index (χ1) is 12.6. The Hall–Kier alpha value is -1.92. The van der Waals surface area contributed by atoms with E-state index in [1.165, 1.54) is 16.9 Å². The Balaban J connectivity index is 2.03. The van der Waals surface area contributed by atoms with Gasteiger partial charge in [0.05, 0.1) is 12.3 Å². The molecule has 2 aromatic heterocycles. The summed E-state index contributed by atoms with van der Waals surface area (Å²) in [5.41, 5.74) is 11.6. The highest BCUT2D eigenvalue weighted by Crippen LogP contribution is 2.44. The molecule has 1 aromatic carbocycles. The number of hydrogen-bond acceptors (Lipinski definition) is 5. The molecule has 0 atom stereocenters. The molecule has 4 nitrogen and oxygen atoms in total. The van der Waals surface area contributed by atoms with Crippen LogP contribution in [0.1, 0.15) is 40.7 Å². The maximum absolute atomic E-state index is 12.3. The number of nitrogens with two attached hydrogens (primary N) is 1. The molecule has 0 bridgehead atoms. The zero-order chi connectivity index (χ0) is 18.3. The Morgan fingerprint density at radius 2 is 2.00 bits per heavy atom. The van der Waals surface area contributed by atoms with Gasteiger partial charge < -0.3 is 10.5 Å². The van der Waals surface area contributed by atoms with E-state index in [2.05, 4.69) is 28.1 Å². The van der Waals surface area contributed by atoms with Crippen LogP contribution in [-0.2, 0) is 17.6 Å². The molecular formula is C20H19BrN2O2S. The van der Waals surface area contributed by atoms with E-state index in [0.717, 1.165) is 57.2 Å². The third-order valence-corrected chi connectivity index (χ3v) is 6.36. The average Bonchev–Trinajstić information content (AvgIpc) is 2.97. The lowest BCUT2D eigenvalue weighted by molar-refractivity contribution is 0.0533. The molecule has 0 aliphatic heterocycles. The molecule has 0 fully saturated rings. The van der Waals surface area contributed by atoms with Crippen molar-refractivity contribution in [2.24, 2.45) is 0 Å². The monoisotopic (exact) mass is 430 g/mol. The fraction of sp³-hybridized carbons (Fsp3) is 0.300. The van der Waals surface area contributed by atoms with Gasteiger partial charge in [0.2, 0.25) is 0 Å². The van der Waals surface area contributed by atoms with E-state index in [9.17, 15) is 4.79 Å². The number of aryl methyl sites for hydroxylation is 1. The van der Waals surface area contributed by atoms with Crippen LogP contribution < -0.4 is 5.73 Å². The number of fused-ring (bicyclic) bond motifs is 2. The van der Waals surface area contributed by atoms with Crippen LogP contribution in [0.2, 0.25) is 0 Å². The molecule has 2 N–H and O–H groups in total. The second-order valence-electron chi connectivity index (χ2n) is 6.37. The second-order valence-corrected chi connectivity index (χ2v) is 8.29. The number of ether oxygens (including phenoxy) is 1. The molecule has 0 saturated heterocycles. The van der Waals surface area contributed by atoms with Crippen LogP contribution in [0.5, 0.6) is 0 Å². The molecule has 0 spiro atoms. The van der Waals surface area contributed by atoms with Gasteiger partial charge in [-0.05, 0) is 61.4 Å². The number of thiophene rings is 1. The van der Waals surface area contributed by atoms with E-state index in [1.807, 2.05) is 12.1 Å². The maximum Gasteiger partial charge on any atom is 0.350 e. The van der Waals surface area contributed by atoms with Gasteiger partial charge in [0.15, 0.2) is 0 Å². The summed E-state index contributed by atoms with van der Waals surface area (Å²) in [4.78, 5) is 18.5. The van der Waals surface area contributed by atoms with Gasteiger partial charge in [-0.3, -0.25) is 0 Å². The summed E-state index contributed by atoms with van der Waals surface area (Å²) in [5, 5.41) is 0.890. The molecule has 1 aliphatic rings. The summed E-state index contributed by atoms with van der Waals surface area (Å²) in [6, 6.07) is 8.25. The predicted octanol–water partition coefficient (Wildman–Crippen LogP) is 5.36. The molecule has 0 saturated carbocycles. The summed E-state index contributed by atoms with van der Waals surface area (Å²) >= 11 is 4.84. The van der Waals surface area contributed by atoms with Crippen LogP contribution in [0.4, 0.5) is 5.69 Å². The standard InChI is InChI=1S/C20H19BrN2O2S/c1-2-25-20(24)18-17(22)16-15(11-7-9-12(21)10-8-11)13-5-3-4-6-14(13)23-19(16)26-18/h7-10H,2-6,22H2,1H3. The van der Waals surface area contributed by atoms with Gasteiger partial charge in [0.25, 0.3) is 0 Å². The zero-order valence-electron chi connectivity index (χ0n) is 14.5. The molecule has 4 rings (SSSR count). The van der Waals surface area contributed by atoms with Crippen LogP contribution in [0.15, 0.2) is 28.7 Å². The molecule has 0 radical (unpaired) electrons. The first kappa shape index (κ1) is 17.5. The molecule has 1 aliphatic carbocycles. The van der Waals surface area contributed by atoms with E-state index < -0.39 is 0 Å². The molecule has 0 unspecified atom stereocenters. The Labute approximate surface area is 164 Å². The van der Waals surface area contributed by atoms with Crippen molar-refractivity contribution in [3.8, 4) is 11.1 Å². The maximum atomic E-state index is 12.3. The van der Waals surface area contributed by atoms with Gasteiger partial charge in [-0.15, -0.1) is 11.3 Å². The fourth-order valence-electron chi connectivity index (χ4n) is 3.59. The van der Waals surface area contributed by atoms with Crippen molar-refractivity contribution < 1.29 is 9.53 Å². The molecule has 6 heteroatoms. The SMILES string of the molecule is CCOC(=O)c1sc2nc3c(c(-c4ccc(Br)cc4)c2c1N)CCCC3. The number of benzene rings is 1. The van der Waals surface area contributed by atoms with Crippen LogP contribution in [0.25, 0.3) is 21.3 Å². The highest BCUT2D eigenvalue weighted by atomic mass is 79.9. The van der Waals surface area contributed by atoms with Gasteiger partial charge >= 0.3 is 5.97 Å². The highest BCUT2D eigenvalue weighted by Gasteiger charge is 2.26. The highest BCUT2D eigenvalue weighted by molar-refractivity contribution is 9.10. The number of hydrogen-bond donors (Lipinski definition) is 1. The first-order valence-electron chi connectivity index (χ1n) is 8.77. The lowest BCUT2D eigenvalue weighted by Gasteiger charge is -2.20. The minimum absolute atomic E-state index is 0.329. The Bertz CT molecular complexity index is 995. The number of aromatic nitrogens is 1. The third kappa shape index (κ3) is 2.91. The Kier molecular flexibility index (Phi) is 4.71. The fourth-order valence-corrected chi connectivity index (χ4v) is 4.87. The smallest absolute Gasteiger partial charge is 0.350 e. The molecule has 2 heterocycles. The minimum atomic E-state index is -0.368. The van der Waals surface area contributed by atoms with Gasteiger partial charge in [-0.25, -0.2) is 9.78 Å². The van der Waals surface area contributed by atoms with Crippen LogP contribution in [0, 0.1) is 0 Å². The van der Waals surface area contributed by atoms with Crippen molar-refractivity contribution in [2.45, 2.75) is 32.6 Å². The number of rotatable bonds is 3. The largest absolute Gasteiger partial charge is 0.462 e. The van der Waals surface area contributed by atoms with Crippen molar-refractivity contribution in [3.05, 3.63) is 44.9 Å². The number of nitrogens with zero attached hydrogens (tertiary/aromatic N) is 1. The van der Waals surface area contributed by atoms with Gasteiger partial charge in [0, 0.05) is 15.6 Å². The second kappa shape index (κ2) is 7.00. The summed E-state index contributed by atoms with van der Waals surface area (Å²) in [6.07, 6.45) is 4.27. The van der Waals surface area contributed by atoms with Crippen molar-refractivity contribution in [1.29, 1.82) is 0 Å².